The van der Waals surface area contributed by atoms with Crippen LogP contribution in [0.2, 0.25) is 10.0 Å². The topological polar surface area (TPSA) is 115 Å². The van der Waals surface area contributed by atoms with Crippen molar-refractivity contribution in [1.29, 1.82) is 5.26 Å². The number of allylic oxidation sites excluding steroid dienone is 1. The van der Waals surface area contributed by atoms with Crippen molar-refractivity contribution >= 4 is 62.4 Å². The number of Topliss-reactive ketones (excluding diaryl/α,β-unsaturated/α-hetero) is 1. The zero-order valence-corrected chi connectivity index (χ0v) is 17.4. The third kappa shape index (κ3) is 4.75. The fraction of sp³-hybridized carbons (Fsp3) is 0.267. The van der Waals surface area contributed by atoms with E-state index < -0.39 is 20.4 Å². The predicted octanol–water partition coefficient (Wildman–Crippen LogP) is 2.41. The van der Waals surface area contributed by atoms with E-state index in [1.807, 2.05) is 0 Å². The summed E-state index contributed by atoms with van der Waals surface area (Å²) in [5, 5.41) is 15.7. The number of ketones is 1. The van der Waals surface area contributed by atoms with Gasteiger partial charge in [0.25, 0.3) is 0 Å². The number of nitrogens with one attached hydrogen (secondary N) is 2. The quantitative estimate of drug-likeness (QED) is 0.308. The maximum atomic E-state index is 12.5. The van der Waals surface area contributed by atoms with Crippen LogP contribution in [-0.4, -0.2) is 42.6 Å². The Kier molecular flexibility index (Phi) is 7.13. The number of nitriles is 1. The molecule has 2 rings (SSSR count). The van der Waals surface area contributed by atoms with Gasteiger partial charge in [0.05, 0.1) is 21.4 Å². The van der Waals surface area contributed by atoms with Crippen LogP contribution < -0.4 is 10.6 Å². The van der Waals surface area contributed by atoms with Gasteiger partial charge in [-0.05, 0) is 12.1 Å². The predicted molar refractivity (Wildman–Crippen MR) is 107 cm³/mol. The van der Waals surface area contributed by atoms with Crippen LogP contribution in [0, 0.1) is 11.5 Å². The largest absolute Gasteiger partial charge is 0.322 e. The number of benzene rings is 1. The van der Waals surface area contributed by atoms with Gasteiger partial charge >= 0.3 is 0 Å². The van der Waals surface area contributed by atoms with E-state index in [1.165, 1.54) is 12.5 Å². The maximum Gasteiger partial charge on any atom is 0.234 e. The van der Waals surface area contributed by atoms with E-state index in [1.54, 1.807) is 31.3 Å². The Balaban J connectivity index is 2.26. The zero-order chi connectivity index (χ0) is 20.2. The summed E-state index contributed by atoms with van der Waals surface area (Å²) in [6.07, 6.45) is 1.69. The summed E-state index contributed by atoms with van der Waals surface area (Å²) in [4.78, 5) is 16.7. The molecule has 1 aromatic rings. The van der Waals surface area contributed by atoms with Crippen molar-refractivity contribution < 1.29 is 13.2 Å². The van der Waals surface area contributed by atoms with E-state index in [2.05, 4.69) is 15.6 Å². The van der Waals surface area contributed by atoms with Gasteiger partial charge in [-0.3, -0.25) is 10.1 Å². The van der Waals surface area contributed by atoms with Gasteiger partial charge < -0.3 is 5.32 Å². The van der Waals surface area contributed by atoms with E-state index in [9.17, 15) is 13.2 Å². The van der Waals surface area contributed by atoms with Crippen LogP contribution >= 0.6 is 35.0 Å². The second-order valence-electron chi connectivity index (χ2n) is 5.22. The Morgan fingerprint density at radius 2 is 2.15 bits per heavy atom. The first-order chi connectivity index (χ1) is 12.7. The smallest absolute Gasteiger partial charge is 0.234 e. The molecule has 0 bridgehead atoms. The third-order valence-electron chi connectivity index (χ3n) is 3.53. The van der Waals surface area contributed by atoms with Crippen molar-refractivity contribution in [3.05, 3.63) is 39.3 Å². The standard InChI is InChI=1S/C15H15Cl2N5O3S2/c1-3-22(2)27(24,25)14-13(23)11(7-26-14)21-15(19-8-18)20-10-6-4-5-9(16)12(10)17/h4-7,14H,3H2,1-2H3,(H2,19,20,21). The van der Waals surface area contributed by atoms with Gasteiger partial charge in [-0.15, -0.1) is 11.8 Å². The average molecular weight is 448 g/mol. The van der Waals surface area contributed by atoms with Crippen molar-refractivity contribution in [2.24, 2.45) is 4.99 Å². The molecule has 1 aromatic carbocycles. The van der Waals surface area contributed by atoms with Crippen LogP contribution in [0.25, 0.3) is 0 Å². The van der Waals surface area contributed by atoms with Crippen LogP contribution in [-0.2, 0) is 14.8 Å². The van der Waals surface area contributed by atoms with Crippen molar-refractivity contribution in [3.8, 4) is 6.19 Å². The molecule has 12 heteroatoms. The molecule has 144 valence electrons. The van der Waals surface area contributed by atoms with Crippen molar-refractivity contribution in [2.45, 2.75) is 11.5 Å². The molecule has 0 saturated carbocycles. The van der Waals surface area contributed by atoms with Crippen LogP contribution in [0.4, 0.5) is 5.69 Å². The summed E-state index contributed by atoms with van der Waals surface area (Å²) in [6.45, 7) is 1.91. The third-order valence-corrected chi connectivity index (χ3v) is 8.12. The van der Waals surface area contributed by atoms with Crippen LogP contribution in [0.15, 0.2) is 34.3 Å². The minimum atomic E-state index is -3.80. The highest BCUT2D eigenvalue weighted by atomic mass is 35.5. The summed E-state index contributed by atoms with van der Waals surface area (Å²) in [6, 6.07) is 4.77. The lowest BCUT2D eigenvalue weighted by atomic mass is 10.3. The molecule has 0 aliphatic carbocycles. The molecule has 0 radical (unpaired) electrons. The van der Waals surface area contributed by atoms with Gasteiger partial charge in [0, 0.05) is 19.0 Å². The number of hydrogen-bond donors (Lipinski definition) is 2. The van der Waals surface area contributed by atoms with E-state index in [4.69, 9.17) is 28.5 Å². The van der Waals surface area contributed by atoms with Gasteiger partial charge in [-0.2, -0.15) is 5.26 Å². The molecule has 27 heavy (non-hydrogen) atoms. The van der Waals surface area contributed by atoms with Gasteiger partial charge in [-0.25, -0.2) is 17.7 Å². The second kappa shape index (κ2) is 8.95. The number of guanidine groups is 1. The highest BCUT2D eigenvalue weighted by Crippen LogP contribution is 2.33. The highest BCUT2D eigenvalue weighted by molar-refractivity contribution is 8.16. The lowest BCUT2D eigenvalue weighted by molar-refractivity contribution is -0.113. The number of rotatable bonds is 5. The molecular formula is C15H15Cl2N5O3S2. The minimum Gasteiger partial charge on any atom is -0.322 e. The first-order valence-corrected chi connectivity index (χ1v) is 10.7. The number of halogens is 2. The Hall–Kier alpha value is -1.77. The number of nitrogens with zero attached hydrogens (tertiary/aromatic N) is 3. The summed E-state index contributed by atoms with van der Waals surface area (Å²) in [5.41, 5.74) is 0.265. The fourth-order valence-electron chi connectivity index (χ4n) is 1.98. The van der Waals surface area contributed by atoms with E-state index >= 15 is 0 Å². The average Bonchev–Trinajstić information content (AvgIpc) is 2.99. The summed E-state index contributed by atoms with van der Waals surface area (Å²) < 4.78 is 24.6. The van der Waals surface area contributed by atoms with Crippen LogP contribution in [0.1, 0.15) is 6.92 Å². The van der Waals surface area contributed by atoms with Crippen molar-refractivity contribution in [1.82, 2.24) is 14.9 Å². The van der Waals surface area contributed by atoms with Crippen LogP contribution in [0.3, 0.4) is 0 Å². The molecule has 0 fully saturated rings. The number of aliphatic imine (C=N–C) groups is 1. The minimum absolute atomic E-state index is 0.00210. The van der Waals surface area contributed by atoms with E-state index in [0.29, 0.717) is 0 Å². The summed E-state index contributed by atoms with van der Waals surface area (Å²) >= 11 is 12.9. The molecule has 1 unspecified atom stereocenters. The van der Waals surface area contributed by atoms with Gasteiger partial charge in [0.1, 0.15) is 0 Å². The summed E-state index contributed by atoms with van der Waals surface area (Å²) in [7, 11) is -2.40. The first kappa shape index (κ1) is 21.5. The van der Waals surface area contributed by atoms with Crippen molar-refractivity contribution in [2.75, 3.05) is 13.6 Å². The molecule has 1 atom stereocenters. The number of sulfonamides is 1. The van der Waals surface area contributed by atoms with Gasteiger partial charge in [0.15, 0.2) is 10.8 Å². The molecular weight excluding hydrogens is 433 g/mol. The molecule has 1 aliphatic rings. The fourth-order valence-corrected chi connectivity index (χ4v) is 5.26. The first-order valence-electron chi connectivity index (χ1n) is 7.52. The lowest BCUT2D eigenvalue weighted by Gasteiger charge is -2.18. The maximum absolute atomic E-state index is 12.5. The Labute approximate surface area is 171 Å². The number of carbonyl (C=O) groups excluding carboxylic acids is 1. The molecule has 0 amide bonds. The number of thioether (sulfide) groups is 1. The zero-order valence-electron chi connectivity index (χ0n) is 14.2. The Morgan fingerprint density at radius 3 is 2.78 bits per heavy atom. The molecule has 1 heterocycles. The van der Waals surface area contributed by atoms with Gasteiger partial charge in [-0.1, -0.05) is 36.2 Å². The molecule has 0 aromatic heterocycles. The monoisotopic (exact) mass is 447 g/mol. The van der Waals surface area contributed by atoms with E-state index in [0.717, 1.165) is 16.1 Å². The SMILES string of the molecule is CCN(C)S(=O)(=O)C1SC=C(NC(=Nc2cccc(Cl)c2Cl)NC#N)C1=O. The molecule has 0 spiro atoms. The number of hydrogen-bond acceptors (Lipinski definition) is 6. The highest BCUT2D eigenvalue weighted by Gasteiger charge is 2.41. The lowest BCUT2D eigenvalue weighted by Crippen LogP contribution is -2.41. The van der Waals surface area contributed by atoms with Gasteiger partial charge in [0.2, 0.25) is 21.8 Å². The molecule has 8 nitrogen and oxygen atoms in total. The second-order valence-corrected chi connectivity index (χ2v) is 9.41. The Bertz CT molecular complexity index is 957. The molecule has 0 saturated heterocycles. The van der Waals surface area contributed by atoms with Crippen molar-refractivity contribution in [3.63, 3.8) is 0 Å². The van der Waals surface area contributed by atoms with E-state index in [-0.39, 0.29) is 33.9 Å². The number of carbonyl (C=O) groups is 1. The molecule has 2 N–H and O–H groups in total. The Morgan fingerprint density at radius 1 is 1.44 bits per heavy atom. The normalized spacial score (nSPS) is 17.6. The summed E-state index contributed by atoms with van der Waals surface area (Å²) in [5.74, 6) is -0.728. The molecule has 1 aliphatic heterocycles. The van der Waals surface area contributed by atoms with Crippen LogP contribution in [0.5, 0.6) is 0 Å².